The lowest BCUT2D eigenvalue weighted by molar-refractivity contribution is -0.0775. The Labute approximate surface area is 215 Å². The molecule has 2 aromatic rings. The lowest BCUT2D eigenvalue weighted by Crippen LogP contribution is -2.50. The van der Waals surface area contributed by atoms with Crippen LogP contribution in [0.2, 0.25) is 5.02 Å². The number of hydrogen-bond donors (Lipinski definition) is 0. The van der Waals surface area contributed by atoms with Gasteiger partial charge in [-0.3, -0.25) is 9.80 Å². The topological polar surface area (TPSA) is 28.1 Å². The van der Waals surface area contributed by atoms with Crippen LogP contribution in [0, 0.1) is 5.41 Å². The molecule has 1 aliphatic heterocycles. The molecular formula is C30H38ClN3O. The molecule has 1 aliphatic carbocycles. The molecule has 5 heteroatoms. The first-order valence-corrected chi connectivity index (χ1v) is 13.1. The van der Waals surface area contributed by atoms with Gasteiger partial charge in [0.2, 0.25) is 0 Å². The highest BCUT2D eigenvalue weighted by Crippen LogP contribution is 2.39. The number of benzene rings is 2. The number of hydrogen-bond acceptors (Lipinski definition) is 4. The summed E-state index contributed by atoms with van der Waals surface area (Å²) in [6, 6.07) is 18.6. The van der Waals surface area contributed by atoms with Gasteiger partial charge in [-0.2, -0.15) is 0 Å². The maximum Gasteiger partial charge on any atom is 0.181 e. The van der Waals surface area contributed by atoms with Gasteiger partial charge in [0, 0.05) is 37.7 Å². The summed E-state index contributed by atoms with van der Waals surface area (Å²) in [5.41, 5.74) is 5.81. The second-order valence-electron chi connectivity index (χ2n) is 10.5. The fourth-order valence-electron chi connectivity index (χ4n) is 5.04. The summed E-state index contributed by atoms with van der Waals surface area (Å²) in [6.07, 6.45) is 4.95. The average molecular weight is 492 g/mol. The SMILES string of the molecule is C=C(C1=C/C(=N/OC(CC)N2CCN(Cc3ccccc3)CC2)CC(C)(C)C1)c1ccc(Cl)cc1. The molecule has 186 valence electrons. The summed E-state index contributed by atoms with van der Waals surface area (Å²) in [6.45, 7) is 16.2. The van der Waals surface area contributed by atoms with Crippen LogP contribution in [-0.4, -0.2) is 47.9 Å². The van der Waals surface area contributed by atoms with E-state index < -0.39 is 0 Å². The summed E-state index contributed by atoms with van der Waals surface area (Å²) >= 11 is 6.08. The minimum Gasteiger partial charge on any atom is -0.376 e. The van der Waals surface area contributed by atoms with Crippen LogP contribution in [-0.2, 0) is 11.4 Å². The van der Waals surface area contributed by atoms with Crippen molar-refractivity contribution in [1.29, 1.82) is 0 Å². The van der Waals surface area contributed by atoms with Crippen LogP contribution in [0.5, 0.6) is 0 Å². The molecule has 0 aromatic heterocycles. The van der Waals surface area contributed by atoms with Crippen molar-refractivity contribution in [3.05, 3.63) is 89.0 Å². The molecule has 0 radical (unpaired) electrons. The van der Waals surface area contributed by atoms with E-state index in [0.717, 1.165) is 73.9 Å². The van der Waals surface area contributed by atoms with E-state index in [4.69, 9.17) is 16.4 Å². The normalized spacial score (nSPS) is 20.9. The van der Waals surface area contributed by atoms with Gasteiger partial charge < -0.3 is 4.84 Å². The molecule has 2 aliphatic rings. The van der Waals surface area contributed by atoms with Crippen molar-refractivity contribution < 1.29 is 4.84 Å². The Kier molecular flexibility index (Phi) is 8.48. The van der Waals surface area contributed by atoms with Gasteiger partial charge in [-0.25, -0.2) is 0 Å². The fraction of sp³-hybridized carbons (Fsp3) is 0.433. The molecule has 2 aromatic carbocycles. The van der Waals surface area contributed by atoms with Crippen LogP contribution in [0.1, 0.15) is 51.2 Å². The molecule has 1 fully saturated rings. The maximum atomic E-state index is 6.17. The van der Waals surface area contributed by atoms with Crippen LogP contribution in [0.25, 0.3) is 5.57 Å². The zero-order valence-electron chi connectivity index (χ0n) is 21.3. The van der Waals surface area contributed by atoms with Crippen LogP contribution >= 0.6 is 11.6 Å². The zero-order valence-corrected chi connectivity index (χ0v) is 22.1. The van der Waals surface area contributed by atoms with E-state index in [0.29, 0.717) is 0 Å². The van der Waals surface area contributed by atoms with Crippen molar-refractivity contribution in [3.63, 3.8) is 0 Å². The molecule has 0 amide bonds. The number of allylic oxidation sites excluding steroid dienone is 3. The molecule has 1 saturated heterocycles. The van der Waals surface area contributed by atoms with Crippen LogP contribution < -0.4 is 0 Å². The Morgan fingerprint density at radius 2 is 1.71 bits per heavy atom. The third-order valence-corrected chi connectivity index (χ3v) is 7.21. The van der Waals surface area contributed by atoms with Crippen molar-refractivity contribution in [1.82, 2.24) is 9.80 Å². The highest BCUT2D eigenvalue weighted by molar-refractivity contribution is 6.30. The Balaban J connectivity index is 1.39. The van der Waals surface area contributed by atoms with Gasteiger partial charge in [-0.05, 0) is 65.2 Å². The van der Waals surface area contributed by atoms with E-state index in [2.05, 4.69) is 78.7 Å². The molecule has 0 N–H and O–H groups in total. The van der Waals surface area contributed by atoms with Gasteiger partial charge in [0.05, 0.1) is 5.71 Å². The Hall–Kier alpha value is -2.40. The standard InChI is InChI=1S/C30H38ClN3O/c1-5-29(34-17-15-33(16-18-34)22-24-9-7-6-8-10-24)35-32-28-19-26(20-30(3,4)21-28)23(2)25-11-13-27(31)14-12-25/h6-14,19,29H,2,5,15-18,20-22H2,1,3-4H3/b32-28-. The van der Waals surface area contributed by atoms with Gasteiger partial charge in [-0.1, -0.05) is 86.6 Å². The van der Waals surface area contributed by atoms with E-state index in [9.17, 15) is 0 Å². The number of rotatable bonds is 8. The predicted molar refractivity (Wildman–Crippen MR) is 147 cm³/mol. The quantitative estimate of drug-likeness (QED) is 0.371. The number of piperazine rings is 1. The van der Waals surface area contributed by atoms with Crippen molar-refractivity contribution in [2.24, 2.45) is 10.6 Å². The second-order valence-corrected chi connectivity index (χ2v) is 11.0. The van der Waals surface area contributed by atoms with E-state index in [1.165, 1.54) is 11.1 Å². The maximum absolute atomic E-state index is 6.17. The van der Waals surface area contributed by atoms with Gasteiger partial charge in [0.15, 0.2) is 6.23 Å². The zero-order chi connectivity index (χ0) is 24.8. The van der Waals surface area contributed by atoms with Gasteiger partial charge in [0.1, 0.15) is 0 Å². The van der Waals surface area contributed by atoms with Gasteiger partial charge in [0.25, 0.3) is 0 Å². The third-order valence-electron chi connectivity index (χ3n) is 6.95. The molecule has 0 spiro atoms. The Morgan fingerprint density at radius 1 is 1.03 bits per heavy atom. The van der Waals surface area contributed by atoms with Crippen molar-refractivity contribution in [3.8, 4) is 0 Å². The third kappa shape index (κ3) is 7.07. The van der Waals surface area contributed by atoms with E-state index in [-0.39, 0.29) is 11.6 Å². The van der Waals surface area contributed by atoms with E-state index >= 15 is 0 Å². The molecule has 0 bridgehead atoms. The van der Waals surface area contributed by atoms with Gasteiger partial charge >= 0.3 is 0 Å². The first kappa shape index (κ1) is 25.7. The first-order chi connectivity index (χ1) is 16.8. The first-order valence-electron chi connectivity index (χ1n) is 12.7. The Bertz CT molecular complexity index is 1050. The minimum absolute atomic E-state index is 0.00253. The molecule has 1 atom stereocenters. The molecule has 1 heterocycles. The summed E-state index contributed by atoms with van der Waals surface area (Å²) < 4.78 is 0. The van der Waals surface area contributed by atoms with Crippen molar-refractivity contribution in [2.45, 2.75) is 52.8 Å². The smallest absolute Gasteiger partial charge is 0.181 e. The predicted octanol–water partition coefficient (Wildman–Crippen LogP) is 7.03. The molecule has 4 nitrogen and oxygen atoms in total. The van der Waals surface area contributed by atoms with Crippen LogP contribution in [0.15, 0.2) is 78.0 Å². The molecular weight excluding hydrogens is 454 g/mol. The molecule has 35 heavy (non-hydrogen) atoms. The van der Waals surface area contributed by atoms with Crippen molar-refractivity contribution >= 4 is 22.9 Å². The molecule has 0 saturated carbocycles. The van der Waals surface area contributed by atoms with E-state index in [1.807, 2.05) is 24.3 Å². The Morgan fingerprint density at radius 3 is 2.37 bits per heavy atom. The van der Waals surface area contributed by atoms with Crippen LogP contribution in [0.3, 0.4) is 0 Å². The fourth-order valence-corrected chi connectivity index (χ4v) is 5.17. The monoisotopic (exact) mass is 491 g/mol. The minimum atomic E-state index is 0.00253. The highest BCUT2D eigenvalue weighted by atomic mass is 35.5. The summed E-state index contributed by atoms with van der Waals surface area (Å²) in [4.78, 5) is 11.1. The molecule has 4 rings (SSSR count). The lowest BCUT2D eigenvalue weighted by atomic mass is 9.74. The lowest BCUT2D eigenvalue weighted by Gasteiger charge is -2.38. The second kappa shape index (κ2) is 11.6. The summed E-state index contributed by atoms with van der Waals surface area (Å²) in [5.74, 6) is 0. The van der Waals surface area contributed by atoms with Crippen molar-refractivity contribution in [2.75, 3.05) is 26.2 Å². The number of nitrogens with zero attached hydrogens (tertiary/aromatic N) is 3. The van der Waals surface area contributed by atoms with E-state index in [1.54, 1.807) is 0 Å². The van der Waals surface area contributed by atoms with Crippen LogP contribution in [0.4, 0.5) is 0 Å². The molecule has 1 unspecified atom stereocenters. The highest BCUT2D eigenvalue weighted by Gasteiger charge is 2.29. The summed E-state index contributed by atoms with van der Waals surface area (Å²) in [5, 5.41) is 5.41. The van der Waals surface area contributed by atoms with Gasteiger partial charge in [-0.15, -0.1) is 0 Å². The largest absolute Gasteiger partial charge is 0.376 e. The number of oxime groups is 1. The number of halogens is 1. The summed E-state index contributed by atoms with van der Waals surface area (Å²) in [7, 11) is 0. The average Bonchev–Trinajstić information content (AvgIpc) is 2.85.